The third-order valence-electron chi connectivity index (χ3n) is 13.1. The van der Waals surface area contributed by atoms with E-state index in [4.69, 9.17) is 15.0 Å². The monoisotopic (exact) mass is 884 g/mol. The summed E-state index contributed by atoms with van der Waals surface area (Å²) in [6.45, 7) is 0. The van der Waals surface area contributed by atoms with Crippen molar-refractivity contribution in [2.24, 2.45) is 0 Å². The van der Waals surface area contributed by atoms with E-state index in [1.807, 2.05) is 47.7 Å². The Bertz CT molecular complexity index is 3880. The molecule has 4 nitrogen and oxygen atoms in total. The van der Waals surface area contributed by atoms with Gasteiger partial charge in [-0.15, -0.1) is 11.3 Å². The van der Waals surface area contributed by atoms with Gasteiger partial charge >= 0.3 is 0 Å². The van der Waals surface area contributed by atoms with Crippen molar-refractivity contribution in [2.75, 3.05) is 0 Å². The Morgan fingerprint density at radius 2 is 0.838 bits per heavy atom. The number of para-hydroxylation sites is 2. The summed E-state index contributed by atoms with van der Waals surface area (Å²) in [5.74, 6) is 1.85. The molecule has 0 N–H and O–H groups in total. The van der Waals surface area contributed by atoms with Crippen LogP contribution in [-0.4, -0.2) is 19.5 Å². The summed E-state index contributed by atoms with van der Waals surface area (Å²) in [6, 6.07) is 86.5. The van der Waals surface area contributed by atoms with Gasteiger partial charge in [-0.25, -0.2) is 15.0 Å². The Morgan fingerprint density at radius 3 is 1.47 bits per heavy atom. The molecule has 318 valence electrons. The number of nitrogens with zero attached hydrogens (tertiary/aromatic N) is 4. The molecule has 0 amide bonds. The normalized spacial score (nSPS) is 11.5. The fourth-order valence-corrected chi connectivity index (χ4v) is 11.1. The van der Waals surface area contributed by atoms with E-state index in [-0.39, 0.29) is 0 Å². The molecule has 0 fully saturated rings. The van der Waals surface area contributed by atoms with Crippen LogP contribution in [0.5, 0.6) is 0 Å². The highest BCUT2D eigenvalue weighted by molar-refractivity contribution is 7.26. The number of fused-ring (bicyclic) bond motifs is 7. The van der Waals surface area contributed by atoms with Crippen molar-refractivity contribution in [3.05, 3.63) is 243 Å². The molecule has 0 saturated carbocycles. The van der Waals surface area contributed by atoms with Crippen LogP contribution in [0, 0.1) is 0 Å². The van der Waals surface area contributed by atoms with Crippen LogP contribution in [0.3, 0.4) is 0 Å². The quantitative estimate of drug-likeness (QED) is 0.153. The molecule has 3 heterocycles. The lowest BCUT2D eigenvalue weighted by atomic mass is 9.85. The molecule has 10 aromatic carbocycles. The number of rotatable bonds is 8. The van der Waals surface area contributed by atoms with Gasteiger partial charge in [0.2, 0.25) is 0 Å². The molecule has 5 heteroatoms. The van der Waals surface area contributed by atoms with Gasteiger partial charge in [0, 0.05) is 53.3 Å². The summed E-state index contributed by atoms with van der Waals surface area (Å²) >= 11 is 1.85. The van der Waals surface area contributed by atoms with E-state index >= 15 is 0 Å². The summed E-state index contributed by atoms with van der Waals surface area (Å²) < 4.78 is 4.94. The number of benzene rings is 10. The van der Waals surface area contributed by atoms with Gasteiger partial charge in [0.15, 0.2) is 17.5 Å². The molecule has 0 unspecified atom stereocenters. The fraction of sp³-hybridized carbons (Fsp3) is 0. The lowest BCUT2D eigenvalue weighted by Gasteiger charge is -2.19. The second-order valence-electron chi connectivity index (χ2n) is 17.1. The number of hydrogen-bond acceptors (Lipinski definition) is 4. The molecular weight excluding hydrogens is 845 g/mol. The first-order valence-corrected chi connectivity index (χ1v) is 23.7. The van der Waals surface area contributed by atoms with Crippen LogP contribution in [0.1, 0.15) is 0 Å². The molecule has 0 aliphatic carbocycles. The van der Waals surface area contributed by atoms with Gasteiger partial charge in [-0.3, -0.25) is 0 Å². The van der Waals surface area contributed by atoms with E-state index < -0.39 is 0 Å². The molecule has 0 aliphatic heterocycles. The maximum Gasteiger partial charge on any atom is 0.164 e. The van der Waals surface area contributed by atoms with Gasteiger partial charge in [-0.1, -0.05) is 200 Å². The molecule has 3 aromatic heterocycles. The Morgan fingerprint density at radius 1 is 0.309 bits per heavy atom. The van der Waals surface area contributed by atoms with Crippen LogP contribution in [0.15, 0.2) is 243 Å². The molecule has 0 bridgehead atoms. The van der Waals surface area contributed by atoms with E-state index in [9.17, 15) is 0 Å². The average Bonchev–Trinajstić information content (AvgIpc) is 3.97. The average molecular weight is 885 g/mol. The first kappa shape index (κ1) is 39.6. The zero-order chi connectivity index (χ0) is 45.0. The molecule has 0 radical (unpaired) electrons. The first-order chi connectivity index (χ1) is 33.7. The van der Waals surface area contributed by atoms with E-state index in [0.29, 0.717) is 17.5 Å². The Balaban J connectivity index is 1.11. The van der Waals surface area contributed by atoms with Crippen molar-refractivity contribution in [3.8, 4) is 84.4 Å². The smallest absolute Gasteiger partial charge is 0.164 e. The predicted molar refractivity (Wildman–Crippen MR) is 285 cm³/mol. The van der Waals surface area contributed by atoms with Gasteiger partial charge in [0.05, 0.1) is 11.0 Å². The van der Waals surface area contributed by atoms with Crippen LogP contribution >= 0.6 is 11.3 Å². The minimum absolute atomic E-state index is 0.606. The molecule has 13 rings (SSSR count). The lowest BCUT2D eigenvalue weighted by Crippen LogP contribution is -2.01. The zero-order valence-electron chi connectivity index (χ0n) is 36.8. The lowest BCUT2D eigenvalue weighted by molar-refractivity contribution is 1.07. The maximum atomic E-state index is 5.37. The van der Waals surface area contributed by atoms with Gasteiger partial charge in [0.25, 0.3) is 0 Å². The Kier molecular flexibility index (Phi) is 9.66. The van der Waals surface area contributed by atoms with Gasteiger partial charge in [0.1, 0.15) is 0 Å². The number of hydrogen-bond donors (Lipinski definition) is 0. The molecule has 13 aromatic rings. The largest absolute Gasteiger partial charge is 0.309 e. The first-order valence-electron chi connectivity index (χ1n) is 22.9. The third kappa shape index (κ3) is 6.79. The third-order valence-corrected chi connectivity index (χ3v) is 14.2. The molecule has 0 atom stereocenters. The van der Waals surface area contributed by atoms with Crippen molar-refractivity contribution in [2.45, 2.75) is 0 Å². The summed E-state index contributed by atoms with van der Waals surface area (Å²) in [4.78, 5) is 15.9. The number of aromatic nitrogens is 4. The van der Waals surface area contributed by atoms with Crippen LogP contribution in [0.25, 0.3) is 126 Å². The predicted octanol–water partition coefficient (Wildman–Crippen LogP) is 17.0. The molecule has 68 heavy (non-hydrogen) atoms. The summed E-state index contributed by atoms with van der Waals surface area (Å²) in [6.07, 6.45) is 0. The van der Waals surface area contributed by atoms with Crippen molar-refractivity contribution < 1.29 is 0 Å². The fourth-order valence-electron chi connectivity index (χ4n) is 9.98. The van der Waals surface area contributed by atoms with E-state index in [1.165, 1.54) is 42.0 Å². The van der Waals surface area contributed by atoms with Crippen LogP contribution in [-0.2, 0) is 0 Å². The van der Waals surface area contributed by atoms with Gasteiger partial charge in [-0.2, -0.15) is 0 Å². The molecule has 0 spiro atoms. The van der Waals surface area contributed by atoms with Crippen LogP contribution < -0.4 is 0 Å². The van der Waals surface area contributed by atoms with Gasteiger partial charge in [-0.05, 0) is 87.0 Å². The topological polar surface area (TPSA) is 43.6 Å². The summed E-state index contributed by atoms with van der Waals surface area (Å²) in [5.41, 5.74) is 15.3. The van der Waals surface area contributed by atoms with Crippen molar-refractivity contribution >= 4 is 53.3 Å². The summed E-state index contributed by atoms with van der Waals surface area (Å²) in [7, 11) is 0. The van der Waals surface area contributed by atoms with E-state index in [0.717, 1.165) is 66.9 Å². The highest BCUT2D eigenvalue weighted by Gasteiger charge is 2.22. The SMILES string of the molecule is c1ccc(-c2nc(-c3ccccc3)nc(-c3cc(-c4c(-c5ccccc5)cccc4-c4ccccc4)ccc3-c3ccc4sc5ccc6c7ccccc7n(-c7ccccc7)c6c5c4c3)n2)cc1. The molecule has 0 saturated heterocycles. The Labute approximate surface area is 397 Å². The van der Waals surface area contributed by atoms with Crippen molar-refractivity contribution in [1.82, 2.24) is 19.5 Å². The second kappa shape index (κ2) is 16.6. The van der Waals surface area contributed by atoms with Gasteiger partial charge < -0.3 is 4.57 Å². The molecular formula is C63H40N4S. The minimum Gasteiger partial charge on any atom is -0.309 e. The zero-order valence-corrected chi connectivity index (χ0v) is 37.6. The summed E-state index contributed by atoms with van der Waals surface area (Å²) in [5, 5.41) is 4.95. The van der Waals surface area contributed by atoms with Crippen LogP contribution in [0.4, 0.5) is 0 Å². The minimum atomic E-state index is 0.606. The molecule has 0 aliphatic rings. The van der Waals surface area contributed by atoms with Crippen molar-refractivity contribution in [1.29, 1.82) is 0 Å². The second-order valence-corrected chi connectivity index (χ2v) is 18.2. The highest BCUT2D eigenvalue weighted by atomic mass is 32.1. The standard InChI is InChI=1S/C63H40N4S/c1-6-19-41(20-7-1)49-30-18-31-50(42-21-8-2-9-22-42)58(49)46-33-35-48(53(40-46)63-65-61(43-23-10-3-11-24-43)64-62(66-63)44-25-12-4-13-26-44)45-34-37-56-54(39-45)59-57(68-56)38-36-52-51-29-16-17-32-55(51)67(60(52)59)47-27-14-5-15-28-47/h1-40H. The van der Waals surface area contributed by atoms with Crippen molar-refractivity contribution in [3.63, 3.8) is 0 Å². The number of thiophene rings is 1. The maximum absolute atomic E-state index is 5.37. The van der Waals surface area contributed by atoms with Crippen LogP contribution in [0.2, 0.25) is 0 Å². The Hall–Kier alpha value is -8.77. The van der Waals surface area contributed by atoms with E-state index in [2.05, 4.69) is 211 Å². The highest BCUT2D eigenvalue weighted by Crippen LogP contribution is 2.47. The van der Waals surface area contributed by atoms with E-state index in [1.54, 1.807) is 0 Å².